The molecule has 0 bridgehead atoms. The number of imidazole rings is 1. The lowest BCUT2D eigenvalue weighted by atomic mass is 10.1. The van der Waals surface area contributed by atoms with Crippen molar-refractivity contribution in [3.05, 3.63) is 69.4 Å². The summed E-state index contributed by atoms with van der Waals surface area (Å²) >= 11 is 1.78. The van der Waals surface area contributed by atoms with E-state index in [1.165, 1.54) is 0 Å². The molecule has 0 atom stereocenters. The molecule has 0 aliphatic carbocycles. The van der Waals surface area contributed by atoms with Gasteiger partial charge < -0.3 is 10.3 Å². The van der Waals surface area contributed by atoms with Crippen LogP contribution in [-0.2, 0) is 12.2 Å². The lowest BCUT2D eigenvalue weighted by Crippen LogP contribution is -2.18. The molecule has 0 amide bonds. The first-order chi connectivity index (χ1) is 12.6. The number of anilines is 1. The number of hydrogen-bond acceptors (Lipinski definition) is 6. The second-order valence-corrected chi connectivity index (χ2v) is 7.13. The maximum absolute atomic E-state index is 12.2. The van der Waals surface area contributed by atoms with E-state index in [1.807, 2.05) is 26.0 Å². The van der Waals surface area contributed by atoms with E-state index >= 15 is 0 Å². The molecule has 3 aromatic rings. The fourth-order valence-corrected chi connectivity index (χ4v) is 3.28. The molecule has 0 aliphatic rings. The lowest BCUT2D eigenvalue weighted by Gasteiger charge is -2.06. The molecule has 0 unspecified atom stereocenters. The van der Waals surface area contributed by atoms with Crippen molar-refractivity contribution < 1.29 is 0 Å². The summed E-state index contributed by atoms with van der Waals surface area (Å²) in [5.74, 6) is 2.26. The second-order valence-electron chi connectivity index (χ2n) is 6.02. The van der Waals surface area contributed by atoms with Crippen LogP contribution >= 0.6 is 62.7 Å². The highest BCUT2D eigenvalue weighted by Crippen LogP contribution is 2.12. The number of pyridine rings is 1. The summed E-state index contributed by atoms with van der Waals surface area (Å²) in [4.78, 5) is 30.9. The molecule has 0 saturated heterocycles. The first-order valence-corrected chi connectivity index (χ1v) is 9.57. The molecule has 0 aliphatic heterocycles. The molecule has 11 heteroatoms. The predicted molar refractivity (Wildman–Crippen MR) is 136 cm³/mol. The maximum atomic E-state index is 12.2. The van der Waals surface area contributed by atoms with Gasteiger partial charge in [-0.15, -0.1) is 50.9 Å². The van der Waals surface area contributed by atoms with Crippen molar-refractivity contribution in [3.8, 4) is 0 Å². The number of rotatable bonds is 8. The average Bonchev–Trinajstić information content (AvgIpc) is 3.04. The topological polar surface area (TPSA) is 99.4 Å². The van der Waals surface area contributed by atoms with Gasteiger partial charge in [-0.05, 0) is 25.5 Å². The third-order valence-corrected chi connectivity index (χ3v) is 4.92. The van der Waals surface area contributed by atoms with Crippen molar-refractivity contribution in [2.75, 3.05) is 17.6 Å². The van der Waals surface area contributed by atoms with E-state index in [2.05, 4.69) is 30.2 Å². The van der Waals surface area contributed by atoms with Crippen LogP contribution in [0.25, 0.3) is 0 Å². The number of aromatic amines is 2. The maximum Gasteiger partial charge on any atom is 0.255 e. The molecule has 0 radical (unpaired) electrons. The number of H-pyrrole nitrogens is 2. The summed E-state index contributed by atoms with van der Waals surface area (Å²) in [7, 11) is 0. The summed E-state index contributed by atoms with van der Waals surface area (Å²) in [6, 6.07) is 3.92. The van der Waals surface area contributed by atoms with Gasteiger partial charge in [-0.2, -0.15) is 11.8 Å². The second kappa shape index (κ2) is 13.9. The van der Waals surface area contributed by atoms with Crippen molar-refractivity contribution in [1.29, 1.82) is 0 Å². The van der Waals surface area contributed by atoms with Crippen LogP contribution in [0.4, 0.5) is 5.95 Å². The van der Waals surface area contributed by atoms with Gasteiger partial charge in [0.2, 0.25) is 5.95 Å². The van der Waals surface area contributed by atoms with Crippen LogP contribution in [0, 0.1) is 13.8 Å². The molecule has 3 heterocycles. The van der Waals surface area contributed by atoms with Crippen molar-refractivity contribution in [2.45, 2.75) is 26.0 Å². The molecule has 29 heavy (non-hydrogen) atoms. The van der Waals surface area contributed by atoms with Gasteiger partial charge in [-0.25, -0.2) is 9.97 Å². The van der Waals surface area contributed by atoms with E-state index in [9.17, 15) is 4.79 Å². The van der Waals surface area contributed by atoms with Crippen molar-refractivity contribution in [3.63, 3.8) is 0 Å². The largest absolute Gasteiger partial charge is 0.355 e. The normalized spacial score (nSPS) is 9.72. The summed E-state index contributed by atoms with van der Waals surface area (Å²) in [6.45, 7) is 4.68. The molecule has 0 spiro atoms. The zero-order valence-corrected chi connectivity index (χ0v) is 22.1. The van der Waals surface area contributed by atoms with Gasteiger partial charge in [0.15, 0.2) is 0 Å². The number of nitrogens with zero attached hydrogens (tertiary/aromatic N) is 3. The molecular formula is C18H25Br3N6OS. The Hall–Kier alpha value is -1.17. The monoisotopic (exact) mass is 610 g/mol. The zero-order valence-electron chi connectivity index (χ0n) is 16.1. The molecule has 3 rings (SSSR count). The van der Waals surface area contributed by atoms with E-state index in [4.69, 9.17) is 0 Å². The molecule has 3 N–H and O–H groups in total. The first kappa shape index (κ1) is 27.8. The Morgan fingerprint density at radius 3 is 2.48 bits per heavy atom. The number of halogens is 3. The molecule has 3 aromatic heterocycles. The van der Waals surface area contributed by atoms with Gasteiger partial charge in [0.1, 0.15) is 0 Å². The van der Waals surface area contributed by atoms with E-state index in [0.29, 0.717) is 17.9 Å². The van der Waals surface area contributed by atoms with Crippen molar-refractivity contribution in [2.24, 2.45) is 0 Å². The lowest BCUT2D eigenvalue weighted by molar-refractivity contribution is 0.999. The van der Waals surface area contributed by atoms with Crippen molar-refractivity contribution in [1.82, 2.24) is 24.9 Å². The number of aryl methyl sites for hydroxylation is 2. The highest BCUT2D eigenvalue weighted by Gasteiger charge is 2.05. The molecular weight excluding hydrogens is 588 g/mol. The van der Waals surface area contributed by atoms with Crippen LogP contribution in [0.1, 0.15) is 28.2 Å². The number of thioether (sulfide) groups is 1. The van der Waals surface area contributed by atoms with Gasteiger partial charge in [0, 0.05) is 53.8 Å². The van der Waals surface area contributed by atoms with Crippen LogP contribution in [-0.4, -0.2) is 37.2 Å². The van der Waals surface area contributed by atoms with Gasteiger partial charge in [-0.3, -0.25) is 14.8 Å². The Labute approximate surface area is 205 Å². The summed E-state index contributed by atoms with van der Waals surface area (Å²) in [5.41, 5.74) is 4.65. The molecule has 160 valence electrons. The highest BCUT2D eigenvalue weighted by atomic mass is 79.9. The fraction of sp³-hybridized carbons (Fsp3) is 0.333. The Bertz CT molecular complexity index is 916. The quantitative estimate of drug-likeness (QED) is 0.330. The number of hydrogen-bond donors (Lipinski definition) is 3. The molecule has 0 saturated carbocycles. The van der Waals surface area contributed by atoms with Crippen LogP contribution in [0.3, 0.4) is 0 Å². The van der Waals surface area contributed by atoms with Gasteiger partial charge in [0.05, 0.1) is 12.0 Å². The van der Waals surface area contributed by atoms with E-state index in [1.54, 1.807) is 30.5 Å². The summed E-state index contributed by atoms with van der Waals surface area (Å²) < 4.78 is 0. The smallest absolute Gasteiger partial charge is 0.255 e. The Balaban J connectivity index is 0.00000261. The first-order valence-electron chi connectivity index (χ1n) is 8.42. The molecule has 0 fully saturated rings. The third kappa shape index (κ3) is 8.61. The van der Waals surface area contributed by atoms with Crippen LogP contribution in [0.2, 0.25) is 0 Å². The minimum Gasteiger partial charge on any atom is -0.355 e. The van der Waals surface area contributed by atoms with E-state index in [0.717, 1.165) is 40.7 Å². The average molecular weight is 613 g/mol. The minimum absolute atomic E-state index is 0. The Kier molecular flexibility index (Phi) is 13.4. The predicted octanol–water partition coefficient (Wildman–Crippen LogP) is 4.17. The molecule has 0 aromatic carbocycles. The third-order valence-electron chi connectivity index (χ3n) is 3.95. The van der Waals surface area contributed by atoms with Crippen molar-refractivity contribution >= 4 is 68.7 Å². The number of aromatic nitrogens is 5. The fourth-order valence-electron chi connectivity index (χ4n) is 2.40. The standard InChI is InChI=1S/C18H22N6OS.3BrH/c1-12-3-4-14(8-20-12)7-15-9-21-18(24-17(15)25)19-5-6-26-10-16-13(2)22-11-23-16;;;/h3-4,8-9,11H,5-7,10H2,1-2H3,(H,22,23)(H2,19,21,24,25);3*1H. The van der Waals surface area contributed by atoms with Gasteiger partial charge >= 0.3 is 0 Å². The van der Waals surface area contributed by atoms with Gasteiger partial charge in [-0.1, -0.05) is 6.07 Å². The van der Waals surface area contributed by atoms with Crippen LogP contribution in [0.15, 0.2) is 35.6 Å². The Morgan fingerprint density at radius 2 is 1.86 bits per heavy atom. The van der Waals surface area contributed by atoms with E-state index < -0.39 is 0 Å². The van der Waals surface area contributed by atoms with Crippen LogP contribution < -0.4 is 10.9 Å². The minimum atomic E-state index is -0.122. The molecule has 7 nitrogen and oxygen atoms in total. The van der Waals surface area contributed by atoms with Gasteiger partial charge in [0.25, 0.3) is 5.56 Å². The zero-order chi connectivity index (χ0) is 18.4. The highest BCUT2D eigenvalue weighted by molar-refractivity contribution is 8.93. The summed E-state index contributed by atoms with van der Waals surface area (Å²) in [5, 5.41) is 3.15. The summed E-state index contributed by atoms with van der Waals surface area (Å²) in [6.07, 6.45) is 5.65. The number of nitrogens with one attached hydrogen (secondary N) is 3. The SMILES string of the molecule is Br.Br.Br.Cc1ccc(Cc2cnc(NCCSCc3nc[nH]c3C)[nH]c2=O)cn1. The van der Waals surface area contributed by atoms with E-state index in [-0.39, 0.29) is 56.5 Å². The van der Waals surface area contributed by atoms with Crippen LogP contribution in [0.5, 0.6) is 0 Å². The Morgan fingerprint density at radius 1 is 1.07 bits per heavy atom.